The van der Waals surface area contributed by atoms with E-state index in [2.05, 4.69) is 91.4 Å². The molecule has 25 heavy (non-hydrogen) atoms. The highest BCUT2D eigenvalue weighted by atomic mass is 15.2. The molecule has 4 rings (SSSR count). The Morgan fingerprint density at radius 1 is 0.920 bits per heavy atom. The number of fused-ring (bicyclic) bond motifs is 4. The molecule has 0 bridgehead atoms. The first-order valence-electron chi connectivity index (χ1n) is 9.17. The van der Waals surface area contributed by atoms with Crippen molar-refractivity contribution in [3.05, 3.63) is 65.2 Å². The maximum Gasteiger partial charge on any atom is 0.101 e. The van der Waals surface area contributed by atoms with Crippen LogP contribution < -0.4 is 4.90 Å². The molecule has 2 aromatic carbocycles. The van der Waals surface area contributed by atoms with Crippen LogP contribution in [0.1, 0.15) is 44.4 Å². The molecule has 2 aliphatic rings. The van der Waals surface area contributed by atoms with Gasteiger partial charge in [-0.2, -0.15) is 10.2 Å². The zero-order chi connectivity index (χ0) is 17.6. The average molecular weight is 331 g/mol. The predicted octanol–water partition coefficient (Wildman–Crippen LogP) is 5.77. The van der Waals surface area contributed by atoms with Crippen molar-refractivity contribution < 1.29 is 0 Å². The van der Waals surface area contributed by atoms with Crippen molar-refractivity contribution in [3.8, 4) is 0 Å². The summed E-state index contributed by atoms with van der Waals surface area (Å²) in [6, 6.07) is 17.9. The lowest BCUT2D eigenvalue weighted by molar-refractivity contribution is 0.577. The van der Waals surface area contributed by atoms with Gasteiger partial charge in [0, 0.05) is 35.0 Å². The molecule has 1 atom stereocenters. The second-order valence-corrected chi connectivity index (χ2v) is 7.56. The van der Waals surface area contributed by atoms with Crippen LogP contribution in [-0.2, 0) is 6.54 Å². The summed E-state index contributed by atoms with van der Waals surface area (Å²) in [7, 11) is 0. The van der Waals surface area contributed by atoms with Crippen molar-refractivity contribution in [1.29, 1.82) is 0 Å². The van der Waals surface area contributed by atoms with Crippen molar-refractivity contribution >= 4 is 17.0 Å². The third-order valence-corrected chi connectivity index (χ3v) is 5.20. The second-order valence-electron chi connectivity index (χ2n) is 7.56. The van der Waals surface area contributed by atoms with E-state index in [0.29, 0.717) is 12.0 Å². The summed E-state index contributed by atoms with van der Waals surface area (Å²) >= 11 is 0. The van der Waals surface area contributed by atoms with E-state index in [0.717, 1.165) is 12.2 Å². The van der Waals surface area contributed by atoms with Gasteiger partial charge in [0.2, 0.25) is 0 Å². The van der Waals surface area contributed by atoms with E-state index in [1.807, 2.05) is 0 Å². The van der Waals surface area contributed by atoms with Gasteiger partial charge in [0.15, 0.2) is 0 Å². The van der Waals surface area contributed by atoms with E-state index in [1.54, 1.807) is 0 Å². The Morgan fingerprint density at radius 2 is 1.60 bits per heavy atom. The maximum absolute atomic E-state index is 4.66. The van der Waals surface area contributed by atoms with Crippen LogP contribution in [0.5, 0.6) is 0 Å². The normalized spacial score (nSPS) is 19.0. The molecule has 0 radical (unpaired) electrons. The molecule has 0 fully saturated rings. The molecule has 0 aliphatic carbocycles. The lowest BCUT2D eigenvalue weighted by Gasteiger charge is -2.34. The Labute approximate surface area is 150 Å². The van der Waals surface area contributed by atoms with Crippen molar-refractivity contribution in [2.24, 2.45) is 16.1 Å². The SMILES string of the molecule is CC(C)C1N=NC2=C1c1ccccc1N(C(C)C)Cc1ccccc12. The minimum atomic E-state index is 0.122. The molecule has 2 heterocycles. The minimum absolute atomic E-state index is 0.122. The molecule has 3 nitrogen and oxygen atoms in total. The fraction of sp³-hybridized carbons (Fsp3) is 0.364. The van der Waals surface area contributed by atoms with Gasteiger partial charge in [0.05, 0.1) is 5.70 Å². The van der Waals surface area contributed by atoms with Crippen molar-refractivity contribution in [2.45, 2.75) is 46.3 Å². The number of hydrogen-bond acceptors (Lipinski definition) is 3. The molecule has 3 heteroatoms. The molecule has 0 saturated carbocycles. The minimum Gasteiger partial charge on any atom is -0.364 e. The fourth-order valence-electron chi connectivity index (χ4n) is 3.89. The molecule has 2 aliphatic heterocycles. The zero-order valence-corrected chi connectivity index (χ0v) is 15.4. The van der Waals surface area contributed by atoms with E-state index >= 15 is 0 Å². The van der Waals surface area contributed by atoms with Crippen LogP contribution in [0.15, 0.2) is 58.8 Å². The van der Waals surface area contributed by atoms with E-state index in [9.17, 15) is 0 Å². The fourth-order valence-corrected chi connectivity index (χ4v) is 3.89. The summed E-state index contributed by atoms with van der Waals surface area (Å²) in [5, 5.41) is 9.32. The molecule has 0 amide bonds. The molecule has 0 N–H and O–H groups in total. The predicted molar refractivity (Wildman–Crippen MR) is 104 cm³/mol. The van der Waals surface area contributed by atoms with Crippen LogP contribution >= 0.6 is 0 Å². The summed E-state index contributed by atoms with van der Waals surface area (Å²) in [5.74, 6) is 0.420. The Kier molecular flexibility index (Phi) is 3.95. The van der Waals surface area contributed by atoms with E-state index < -0.39 is 0 Å². The summed E-state index contributed by atoms with van der Waals surface area (Å²) in [6.07, 6.45) is 0. The second kappa shape index (κ2) is 6.14. The molecule has 1 unspecified atom stereocenters. The number of nitrogens with zero attached hydrogens (tertiary/aromatic N) is 3. The monoisotopic (exact) mass is 331 g/mol. The summed E-state index contributed by atoms with van der Waals surface area (Å²) in [4.78, 5) is 2.49. The lowest BCUT2D eigenvalue weighted by Crippen LogP contribution is -2.32. The van der Waals surface area contributed by atoms with Gasteiger partial charge in [-0.3, -0.25) is 0 Å². The van der Waals surface area contributed by atoms with Crippen LogP contribution in [0.25, 0.3) is 11.3 Å². The third kappa shape index (κ3) is 2.58. The van der Waals surface area contributed by atoms with Gasteiger partial charge in [0.25, 0.3) is 0 Å². The number of anilines is 1. The summed E-state index contributed by atoms with van der Waals surface area (Å²) < 4.78 is 0. The highest BCUT2D eigenvalue weighted by Crippen LogP contribution is 2.45. The van der Waals surface area contributed by atoms with Gasteiger partial charge in [0.1, 0.15) is 6.04 Å². The number of para-hydroxylation sites is 1. The number of benzene rings is 2. The van der Waals surface area contributed by atoms with Gasteiger partial charge in [-0.05, 0) is 31.4 Å². The molecule has 0 aromatic heterocycles. The highest BCUT2D eigenvalue weighted by molar-refractivity contribution is 5.98. The Hall–Kier alpha value is -2.42. The molecule has 2 aromatic rings. The van der Waals surface area contributed by atoms with Gasteiger partial charge in [-0.15, -0.1) is 0 Å². The van der Waals surface area contributed by atoms with Gasteiger partial charge in [-0.25, -0.2) is 0 Å². The molecule has 0 spiro atoms. The quantitative estimate of drug-likeness (QED) is 0.686. The number of hydrogen-bond donors (Lipinski definition) is 0. The zero-order valence-electron chi connectivity index (χ0n) is 15.4. The Bertz CT molecular complexity index is 861. The van der Waals surface area contributed by atoms with Crippen LogP contribution in [-0.4, -0.2) is 12.1 Å². The standard InChI is InChI=1S/C22H25N3/c1-14(2)21-20-18-11-7-8-12-19(18)25(15(3)4)13-16-9-5-6-10-17(16)22(20)24-23-21/h5-12,14-15,21H,13H2,1-4H3. The van der Waals surface area contributed by atoms with Crippen LogP contribution in [0, 0.1) is 5.92 Å². The van der Waals surface area contributed by atoms with Crippen LogP contribution in [0.3, 0.4) is 0 Å². The topological polar surface area (TPSA) is 28.0 Å². The lowest BCUT2D eigenvalue weighted by atomic mass is 9.85. The largest absolute Gasteiger partial charge is 0.364 e. The first-order valence-corrected chi connectivity index (χ1v) is 9.17. The van der Waals surface area contributed by atoms with Crippen LogP contribution in [0.4, 0.5) is 5.69 Å². The Balaban J connectivity index is 2.04. The summed E-state index contributed by atoms with van der Waals surface area (Å²) in [6.45, 7) is 9.88. The molecular weight excluding hydrogens is 306 g/mol. The van der Waals surface area contributed by atoms with Gasteiger partial charge in [-0.1, -0.05) is 56.3 Å². The van der Waals surface area contributed by atoms with E-state index in [1.165, 1.54) is 28.0 Å². The van der Waals surface area contributed by atoms with E-state index in [-0.39, 0.29) is 6.04 Å². The third-order valence-electron chi connectivity index (χ3n) is 5.20. The average Bonchev–Trinajstić information content (AvgIpc) is 3.03. The first kappa shape index (κ1) is 16.1. The smallest absolute Gasteiger partial charge is 0.101 e. The number of rotatable bonds is 2. The molecular formula is C22H25N3. The summed E-state index contributed by atoms with van der Waals surface area (Å²) in [5.41, 5.74) is 7.46. The molecule has 0 saturated heterocycles. The van der Waals surface area contributed by atoms with Crippen molar-refractivity contribution in [2.75, 3.05) is 4.90 Å². The highest BCUT2D eigenvalue weighted by Gasteiger charge is 2.33. The Morgan fingerprint density at radius 3 is 2.32 bits per heavy atom. The van der Waals surface area contributed by atoms with Crippen LogP contribution in [0.2, 0.25) is 0 Å². The van der Waals surface area contributed by atoms with E-state index in [4.69, 9.17) is 0 Å². The first-order chi connectivity index (χ1) is 12.1. The number of azo groups is 1. The van der Waals surface area contributed by atoms with Crippen molar-refractivity contribution in [1.82, 2.24) is 0 Å². The maximum atomic E-state index is 4.66. The van der Waals surface area contributed by atoms with Crippen molar-refractivity contribution in [3.63, 3.8) is 0 Å². The van der Waals surface area contributed by atoms with Gasteiger partial charge >= 0.3 is 0 Å². The molecule has 128 valence electrons. The van der Waals surface area contributed by atoms with Gasteiger partial charge < -0.3 is 4.90 Å².